The van der Waals surface area contributed by atoms with Gasteiger partial charge in [-0.05, 0) is 41.7 Å². The number of fused-ring (bicyclic) bond motifs is 1. The lowest BCUT2D eigenvalue weighted by Crippen LogP contribution is -2.44. The quantitative estimate of drug-likeness (QED) is 0.729. The number of thioether (sulfide) groups is 1. The van der Waals surface area contributed by atoms with E-state index in [0.717, 1.165) is 16.5 Å². The molecule has 0 aliphatic carbocycles. The van der Waals surface area contributed by atoms with Crippen molar-refractivity contribution < 1.29 is 9.21 Å². The Labute approximate surface area is 179 Å². The Hall–Kier alpha value is -3.03. The largest absolute Gasteiger partial charge is 0.423 e. The molecule has 30 heavy (non-hydrogen) atoms. The molecule has 1 N–H and O–H groups in total. The molecule has 0 saturated heterocycles. The minimum atomic E-state index is -0.933. The first-order chi connectivity index (χ1) is 14.1. The highest BCUT2D eigenvalue weighted by Gasteiger charge is 2.44. The fourth-order valence-corrected chi connectivity index (χ4v) is 4.98. The molecule has 1 aromatic carbocycles. The summed E-state index contributed by atoms with van der Waals surface area (Å²) in [6, 6.07) is 9.53. The molecule has 0 bridgehead atoms. The Balaban J connectivity index is 2.05. The SMILES string of the molecule is Cc1cc2oc(=O)cc(CSC3=C(C#N)C(C)(C)[C@H](C#N)C(=O)N3)c2cc1C(C)C. The highest BCUT2D eigenvalue weighted by molar-refractivity contribution is 8.02. The zero-order valence-corrected chi connectivity index (χ0v) is 18.4. The average Bonchev–Trinajstić information content (AvgIpc) is 2.64. The van der Waals surface area contributed by atoms with Crippen LogP contribution in [0.4, 0.5) is 0 Å². The van der Waals surface area contributed by atoms with Gasteiger partial charge >= 0.3 is 5.63 Å². The second-order valence-corrected chi connectivity index (χ2v) is 9.31. The molecule has 6 nitrogen and oxygen atoms in total. The molecule has 0 radical (unpaired) electrons. The van der Waals surface area contributed by atoms with Gasteiger partial charge in [-0.1, -0.05) is 27.7 Å². The van der Waals surface area contributed by atoms with Crippen molar-refractivity contribution in [1.29, 1.82) is 10.5 Å². The summed E-state index contributed by atoms with van der Waals surface area (Å²) < 4.78 is 5.40. The summed E-state index contributed by atoms with van der Waals surface area (Å²) in [5, 5.41) is 23.0. The number of hydrogen-bond donors (Lipinski definition) is 1. The van der Waals surface area contributed by atoms with Gasteiger partial charge in [0.05, 0.1) is 22.7 Å². The fourth-order valence-electron chi connectivity index (χ4n) is 3.82. The van der Waals surface area contributed by atoms with Crippen molar-refractivity contribution in [1.82, 2.24) is 5.32 Å². The summed E-state index contributed by atoms with van der Waals surface area (Å²) in [7, 11) is 0. The predicted molar refractivity (Wildman–Crippen MR) is 116 cm³/mol. The molecule has 1 atom stereocenters. The van der Waals surface area contributed by atoms with Gasteiger partial charge in [-0.25, -0.2) is 4.79 Å². The number of benzene rings is 1. The zero-order valence-electron chi connectivity index (χ0n) is 17.6. The topological polar surface area (TPSA) is 107 Å². The van der Waals surface area contributed by atoms with E-state index in [4.69, 9.17) is 4.42 Å². The van der Waals surface area contributed by atoms with E-state index in [9.17, 15) is 20.1 Å². The average molecular weight is 422 g/mol. The first-order valence-corrected chi connectivity index (χ1v) is 10.6. The summed E-state index contributed by atoms with van der Waals surface area (Å²) in [5.74, 6) is -0.663. The molecule has 0 spiro atoms. The first-order valence-electron chi connectivity index (χ1n) is 9.65. The lowest BCUT2D eigenvalue weighted by atomic mass is 9.72. The maximum absolute atomic E-state index is 12.4. The van der Waals surface area contributed by atoms with Gasteiger partial charge < -0.3 is 9.73 Å². The van der Waals surface area contributed by atoms with Crippen LogP contribution in [0.15, 0.2) is 38.0 Å². The van der Waals surface area contributed by atoms with Crippen molar-refractivity contribution in [2.45, 2.75) is 46.3 Å². The van der Waals surface area contributed by atoms with Crippen molar-refractivity contribution in [2.75, 3.05) is 0 Å². The minimum Gasteiger partial charge on any atom is -0.423 e. The Kier molecular flexibility index (Phi) is 5.78. The van der Waals surface area contributed by atoms with E-state index in [-0.39, 0.29) is 0 Å². The van der Waals surface area contributed by atoms with E-state index in [0.29, 0.717) is 27.9 Å². The highest BCUT2D eigenvalue weighted by atomic mass is 32.2. The third-order valence-corrected chi connectivity index (χ3v) is 6.59. The van der Waals surface area contributed by atoms with Crippen LogP contribution < -0.4 is 10.9 Å². The Morgan fingerprint density at radius 2 is 1.93 bits per heavy atom. The number of nitrogens with one attached hydrogen (secondary N) is 1. The van der Waals surface area contributed by atoms with Crippen molar-refractivity contribution in [3.63, 3.8) is 0 Å². The summed E-state index contributed by atoms with van der Waals surface area (Å²) in [6.45, 7) is 9.66. The number of aryl methyl sites for hydroxylation is 1. The zero-order chi connectivity index (χ0) is 22.2. The van der Waals surface area contributed by atoms with Crippen molar-refractivity contribution in [3.05, 3.63) is 55.9 Å². The maximum atomic E-state index is 12.4. The van der Waals surface area contributed by atoms with Crippen LogP contribution in [0.1, 0.15) is 50.3 Å². The molecule has 2 heterocycles. The van der Waals surface area contributed by atoms with Gasteiger partial charge in [0.1, 0.15) is 11.5 Å². The summed E-state index contributed by atoms with van der Waals surface area (Å²) in [4.78, 5) is 24.5. The number of rotatable bonds is 4. The predicted octanol–water partition coefficient (Wildman–Crippen LogP) is 4.49. The lowest BCUT2D eigenvalue weighted by Gasteiger charge is -2.34. The Morgan fingerprint density at radius 3 is 2.53 bits per heavy atom. The number of carbonyl (C=O) groups is 1. The monoisotopic (exact) mass is 421 g/mol. The molecule has 154 valence electrons. The fraction of sp³-hybridized carbons (Fsp3) is 0.391. The number of carbonyl (C=O) groups excluding carboxylic acids is 1. The van der Waals surface area contributed by atoms with E-state index in [1.165, 1.54) is 23.4 Å². The number of nitrogens with zero attached hydrogens (tertiary/aromatic N) is 2. The molecule has 1 aliphatic heterocycles. The van der Waals surface area contributed by atoms with Gasteiger partial charge in [0.2, 0.25) is 5.91 Å². The van der Waals surface area contributed by atoms with Crippen LogP contribution in [-0.4, -0.2) is 5.91 Å². The van der Waals surface area contributed by atoms with E-state index in [2.05, 4.69) is 25.2 Å². The smallest absolute Gasteiger partial charge is 0.336 e. The van der Waals surface area contributed by atoms with Crippen LogP contribution in [0, 0.1) is 40.9 Å². The van der Waals surface area contributed by atoms with Crippen molar-refractivity contribution >= 4 is 28.6 Å². The first kappa shape index (κ1) is 21.7. The van der Waals surface area contributed by atoms with Gasteiger partial charge in [0.15, 0.2) is 0 Å². The second kappa shape index (κ2) is 8.01. The molecule has 1 aromatic heterocycles. The number of amides is 1. The van der Waals surface area contributed by atoms with E-state index >= 15 is 0 Å². The number of allylic oxidation sites excluding steroid dienone is 1. The molecule has 1 amide bonds. The summed E-state index contributed by atoms with van der Waals surface area (Å²) in [6.07, 6.45) is 0. The summed E-state index contributed by atoms with van der Waals surface area (Å²) >= 11 is 1.28. The van der Waals surface area contributed by atoms with Crippen LogP contribution >= 0.6 is 11.8 Å². The van der Waals surface area contributed by atoms with Crippen LogP contribution in [0.2, 0.25) is 0 Å². The highest BCUT2D eigenvalue weighted by Crippen LogP contribution is 2.42. The summed E-state index contributed by atoms with van der Waals surface area (Å²) in [5.41, 5.74) is 2.55. The molecular weight excluding hydrogens is 398 g/mol. The van der Waals surface area contributed by atoms with Gasteiger partial charge in [0, 0.05) is 22.6 Å². The molecule has 3 rings (SSSR count). The third-order valence-electron chi connectivity index (χ3n) is 5.54. The molecule has 0 unspecified atom stereocenters. The molecule has 2 aromatic rings. The number of nitriles is 2. The van der Waals surface area contributed by atoms with Crippen LogP contribution in [0.3, 0.4) is 0 Å². The standard InChI is InChI=1S/C23H23N3O3S/c1-12(2)15-8-16-14(7-20(27)29-19(16)6-13(15)3)11-30-22-18(10-25)23(4,5)17(9-24)21(28)26-22/h6-8,12,17H,11H2,1-5H3,(H,26,28)/t17-/m1/s1. The van der Waals surface area contributed by atoms with Gasteiger partial charge in [-0.15, -0.1) is 11.8 Å². The van der Waals surface area contributed by atoms with Gasteiger partial charge in [-0.2, -0.15) is 10.5 Å². The lowest BCUT2D eigenvalue weighted by molar-refractivity contribution is -0.125. The molecule has 0 saturated carbocycles. The van der Waals surface area contributed by atoms with Crippen molar-refractivity contribution in [2.24, 2.45) is 11.3 Å². The number of hydrogen-bond acceptors (Lipinski definition) is 6. The Morgan fingerprint density at radius 1 is 1.23 bits per heavy atom. The molecular formula is C23H23N3O3S. The molecule has 0 fully saturated rings. The molecule has 1 aliphatic rings. The Bertz CT molecular complexity index is 1210. The van der Waals surface area contributed by atoms with Crippen molar-refractivity contribution in [3.8, 4) is 12.1 Å². The van der Waals surface area contributed by atoms with Crippen LogP contribution in [0.5, 0.6) is 0 Å². The van der Waals surface area contributed by atoms with Crippen LogP contribution in [-0.2, 0) is 10.5 Å². The van der Waals surface area contributed by atoms with Gasteiger partial charge in [-0.3, -0.25) is 4.79 Å². The van der Waals surface area contributed by atoms with E-state index < -0.39 is 22.9 Å². The second-order valence-electron chi connectivity index (χ2n) is 8.33. The maximum Gasteiger partial charge on any atom is 0.336 e. The van der Waals surface area contributed by atoms with E-state index in [1.807, 2.05) is 25.1 Å². The normalized spacial score (nSPS) is 18.3. The van der Waals surface area contributed by atoms with Gasteiger partial charge in [0.25, 0.3) is 0 Å². The molecule has 7 heteroatoms. The third kappa shape index (κ3) is 3.74. The minimum absolute atomic E-state index is 0.316. The van der Waals surface area contributed by atoms with E-state index in [1.54, 1.807) is 13.8 Å². The van der Waals surface area contributed by atoms with Crippen LogP contribution in [0.25, 0.3) is 11.0 Å².